The summed E-state index contributed by atoms with van der Waals surface area (Å²) < 4.78 is 10.8. The second-order valence-electron chi connectivity index (χ2n) is 4.46. The molecule has 3 aromatic rings. The fourth-order valence-corrected chi connectivity index (χ4v) is 2.12. The highest BCUT2D eigenvalue weighted by molar-refractivity contribution is 5.91. The summed E-state index contributed by atoms with van der Waals surface area (Å²) >= 11 is 0. The number of nitrogens with zero attached hydrogens (tertiary/aromatic N) is 2. The van der Waals surface area contributed by atoms with Crippen LogP contribution in [-0.4, -0.2) is 23.2 Å². The molecule has 1 aliphatic heterocycles. The zero-order valence-electron chi connectivity index (χ0n) is 9.59. The Hall–Kier alpha value is -2.14. The first-order chi connectivity index (χ1) is 8.92. The van der Waals surface area contributed by atoms with Crippen LogP contribution < -0.4 is 5.32 Å². The number of para-hydroxylation sites is 1. The number of hydrogen-bond donors (Lipinski definition) is 1. The molecule has 0 aliphatic carbocycles. The summed E-state index contributed by atoms with van der Waals surface area (Å²) in [4.78, 5) is 4.45. The molecular weight excluding hydrogens is 230 g/mol. The predicted molar refractivity (Wildman–Crippen MR) is 65.1 cm³/mol. The zero-order valence-corrected chi connectivity index (χ0v) is 9.59. The van der Waals surface area contributed by atoms with Crippen LogP contribution in [0, 0.1) is 0 Å². The Balaban J connectivity index is 1.79. The minimum Gasteiger partial charge on any atom is -0.464 e. The molecular formula is C13H11N3O2. The molecule has 0 atom stereocenters. The largest absolute Gasteiger partial charge is 0.464 e. The van der Waals surface area contributed by atoms with Crippen LogP contribution in [-0.2, 0) is 0 Å². The van der Waals surface area contributed by atoms with E-state index < -0.39 is 0 Å². The van der Waals surface area contributed by atoms with E-state index in [0.717, 1.165) is 29.6 Å². The zero-order chi connectivity index (χ0) is 11.9. The Morgan fingerprint density at radius 2 is 2.11 bits per heavy atom. The summed E-state index contributed by atoms with van der Waals surface area (Å²) in [6.07, 6.45) is 1.68. The van der Waals surface area contributed by atoms with Crippen molar-refractivity contribution in [2.75, 3.05) is 13.1 Å². The Kier molecular flexibility index (Phi) is 2.01. The van der Waals surface area contributed by atoms with Gasteiger partial charge >= 0.3 is 0 Å². The minimum atomic E-state index is 0.351. The van der Waals surface area contributed by atoms with E-state index in [1.54, 1.807) is 6.26 Å². The Bertz CT molecular complexity index is 697. The van der Waals surface area contributed by atoms with Gasteiger partial charge in [0.25, 0.3) is 0 Å². The molecule has 18 heavy (non-hydrogen) atoms. The van der Waals surface area contributed by atoms with E-state index >= 15 is 0 Å². The monoisotopic (exact) mass is 241 g/mol. The van der Waals surface area contributed by atoms with E-state index in [4.69, 9.17) is 8.94 Å². The Morgan fingerprint density at radius 3 is 2.94 bits per heavy atom. The third-order valence-corrected chi connectivity index (χ3v) is 3.29. The van der Waals surface area contributed by atoms with Gasteiger partial charge in [-0.05, 0) is 6.07 Å². The van der Waals surface area contributed by atoms with Crippen LogP contribution in [0.2, 0.25) is 0 Å². The van der Waals surface area contributed by atoms with Crippen LogP contribution >= 0.6 is 0 Å². The van der Waals surface area contributed by atoms with Crippen LogP contribution in [0.15, 0.2) is 39.5 Å². The average molecular weight is 241 g/mol. The standard InChI is InChI=1S/C13H11N3O2/c1-2-4-11-9(3-1)10(7-17-11)12-15-13(18-16-12)8-5-14-6-8/h1-4,7-8,14H,5-6H2. The lowest BCUT2D eigenvalue weighted by Gasteiger charge is -2.22. The SMILES string of the molecule is c1ccc2c(-c3noc(C4CNC4)n3)coc2c1. The van der Waals surface area contributed by atoms with Gasteiger partial charge in [-0.15, -0.1) is 0 Å². The maximum absolute atomic E-state index is 5.48. The van der Waals surface area contributed by atoms with Crippen molar-refractivity contribution in [1.29, 1.82) is 0 Å². The maximum Gasteiger partial charge on any atom is 0.232 e. The molecule has 5 nitrogen and oxygen atoms in total. The quantitative estimate of drug-likeness (QED) is 0.744. The topological polar surface area (TPSA) is 64.1 Å². The van der Waals surface area contributed by atoms with Crippen molar-refractivity contribution in [3.05, 3.63) is 36.4 Å². The molecule has 5 heteroatoms. The second-order valence-corrected chi connectivity index (χ2v) is 4.46. The normalized spacial score (nSPS) is 16.0. The summed E-state index contributed by atoms with van der Waals surface area (Å²) in [7, 11) is 0. The molecule has 0 unspecified atom stereocenters. The number of nitrogens with one attached hydrogen (secondary N) is 1. The van der Waals surface area contributed by atoms with E-state index in [1.807, 2.05) is 24.3 Å². The molecule has 1 fully saturated rings. The van der Waals surface area contributed by atoms with Crippen molar-refractivity contribution < 1.29 is 8.94 Å². The fourth-order valence-electron chi connectivity index (χ4n) is 2.12. The number of hydrogen-bond acceptors (Lipinski definition) is 5. The molecule has 1 aliphatic rings. The molecule has 0 amide bonds. The molecule has 2 aromatic heterocycles. The van der Waals surface area contributed by atoms with Crippen molar-refractivity contribution in [1.82, 2.24) is 15.5 Å². The average Bonchev–Trinajstić information content (AvgIpc) is 2.92. The molecule has 0 radical (unpaired) electrons. The summed E-state index contributed by atoms with van der Waals surface area (Å²) in [6.45, 7) is 1.82. The lowest BCUT2D eigenvalue weighted by Crippen LogP contribution is -2.40. The first-order valence-electron chi connectivity index (χ1n) is 5.93. The maximum atomic E-state index is 5.48. The van der Waals surface area contributed by atoms with Crippen LogP contribution in [0.4, 0.5) is 0 Å². The first-order valence-corrected chi connectivity index (χ1v) is 5.93. The van der Waals surface area contributed by atoms with Gasteiger partial charge in [-0.1, -0.05) is 23.4 Å². The smallest absolute Gasteiger partial charge is 0.232 e. The molecule has 0 saturated carbocycles. The molecule has 3 heterocycles. The van der Waals surface area contributed by atoms with Gasteiger partial charge in [-0.3, -0.25) is 0 Å². The lowest BCUT2D eigenvalue weighted by molar-refractivity contribution is 0.308. The highest BCUT2D eigenvalue weighted by atomic mass is 16.5. The molecule has 1 N–H and O–H groups in total. The molecule has 1 saturated heterocycles. The van der Waals surface area contributed by atoms with E-state index in [1.165, 1.54) is 0 Å². The Morgan fingerprint density at radius 1 is 1.22 bits per heavy atom. The second kappa shape index (κ2) is 3.68. The van der Waals surface area contributed by atoms with Gasteiger partial charge in [0.2, 0.25) is 11.7 Å². The number of fused-ring (bicyclic) bond motifs is 1. The van der Waals surface area contributed by atoms with Gasteiger partial charge in [-0.2, -0.15) is 4.98 Å². The van der Waals surface area contributed by atoms with Gasteiger partial charge in [-0.25, -0.2) is 0 Å². The highest BCUT2D eigenvalue weighted by Gasteiger charge is 2.25. The van der Waals surface area contributed by atoms with E-state index in [9.17, 15) is 0 Å². The van der Waals surface area contributed by atoms with E-state index in [0.29, 0.717) is 17.6 Å². The molecule has 0 bridgehead atoms. The first kappa shape index (κ1) is 9.85. The molecule has 1 aromatic carbocycles. The van der Waals surface area contributed by atoms with Crippen molar-refractivity contribution in [3.8, 4) is 11.4 Å². The number of rotatable bonds is 2. The summed E-state index contributed by atoms with van der Waals surface area (Å²) in [5, 5.41) is 8.24. The number of benzene rings is 1. The summed E-state index contributed by atoms with van der Waals surface area (Å²) in [5.74, 6) is 1.65. The van der Waals surface area contributed by atoms with Gasteiger partial charge in [0, 0.05) is 18.5 Å². The fraction of sp³-hybridized carbons (Fsp3) is 0.231. The predicted octanol–water partition coefficient (Wildman–Crippen LogP) is 2.17. The van der Waals surface area contributed by atoms with E-state index in [-0.39, 0.29) is 0 Å². The molecule has 4 rings (SSSR count). The molecule has 90 valence electrons. The van der Waals surface area contributed by atoms with Crippen LogP contribution in [0.3, 0.4) is 0 Å². The van der Waals surface area contributed by atoms with Crippen LogP contribution in [0.25, 0.3) is 22.4 Å². The lowest BCUT2D eigenvalue weighted by atomic mass is 10.0. The molecule has 0 spiro atoms. The number of aromatic nitrogens is 2. The third-order valence-electron chi connectivity index (χ3n) is 3.29. The number of furan rings is 1. The van der Waals surface area contributed by atoms with Gasteiger partial charge in [0.15, 0.2) is 0 Å². The van der Waals surface area contributed by atoms with Gasteiger partial charge < -0.3 is 14.3 Å². The van der Waals surface area contributed by atoms with Crippen molar-refractivity contribution in [3.63, 3.8) is 0 Å². The van der Waals surface area contributed by atoms with Crippen LogP contribution in [0.5, 0.6) is 0 Å². The van der Waals surface area contributed by atoms with Gasteiger partial charge in [0.05, 0.1) is 11.5 Å². The van der Waals surface area contributed by atoms with Crippen molar-refractivity contribution in [2.45, 2.75) is 5.92 Å². The highest BCUT2D eigenvalue weighted by Crippen LogP contribution is 2.29. The minimum absolute atomic E-state index is 0.351. The Labute approximate surface area is 103 Å². The van der Waals surface area contributed by atoms with Crippen molar-refractivity contribution >= 4 is 11.0 Å². The van der Waals surface area contributed by atoms with Crippen LogP contribution in [0.1, 0.15) is 11.8 Å². The third kappa shape index (κ3) is 1.37. The summed E-state index contributed by atoms with van der Waals surface area (Å²) in [6, 6.07) is 7.83. The summed E-state index contributed by atoms with van der Waals surface area (Å²) in [5.41, 5.74) is 1.72. The van der Waals surface area contributed by atoms with Crippen molar-refractivity contribution in [2.24, 2.45) is 0 Å². The van der Waals surface area contributed by atoms with E-state index in [2.05, 4.69) is 15.5 Å². The van der Waals surface area contributed by atoms with Gasteiger partial charge in [0.1, 0.15) is 11.8 Å².